The third kappa shape index (κ3) is 1.63. The molecular weight excluding hydrogens is 218 g/mol. The molecule has 0 bridgehead atoms. The minimum atomic E-state index is 0.991. The predicted molar refractivity (Wildman–Crippen MR) is 82.6 cm³/mol. The number of hydrogen-bond acceptors (Lipinski definition) is 0. The fourth-order valence-corrected chi connectivity index (χ4v) is 2.31. The van der Waals surface area contributed by atoms with Crippen molar-refractivity contribution in [3.63, 3.8) is 0 Å². The van der Waals surface area contributed by atoms with Gasteiger partial charge in [0.15, 0.2) is 0 Å². The van der Waals surface area contributed by atoms with E-state index in [4.69, 9.17) is 0 Å². The lowest BCUT2D eigenvalue weighted by Gasteiger charge is -2.09. The van der Waals surface area contributed by atoms with Crippen molar-refractivity contribution in [2.24, 2.45) is 7.05 Å². The van der Waals surface area contributed by atoms with Crippen LogP contribution in [0.2, 0.25) is 0 Å². The van der Waals surface area contributed by atoms with Crippen molar-refractivity contribution in [2.75, 3.05) is 0 Å². The average molecular weight is 237 g/mol. The maximum absolute atomic E-state index is 4.11. The Kier molecular flexibility index (Phi) is 2.78. The van der Waals surface area contributed by atoms with Crippen molar-refractivity contribution < 1.29 is 0 Å². The fraction of sp³-hybridized carbons (Fsp3) is 0.176. The van der Waals surface area contributed by atoms with Crippen LogP contribution in [0.25, 0.3) is 35.1 Å². The van der Waals surface area contributed by atoms with E-state index in [9.17, 15) is 0 Å². The molecule has 0 amide bonds. The summed E-state index contributed by atoms with van der Waals surface area (Å²) in [5, 5.41) is 4.27. The minimum absolute atomic E-state index is 0.991. The molecule has 2 rings (SSSR count). The van der Waals surface area contributed by atoms with Crippen molar-refractivity contribution in [1.29, 1.82) is 0 Å². The molecule has 0 aliphatic carbocycles. The lowest BCUT2D eigenvalue weighted by Crippen LogP contribution is -2.20. The van der Waals surface area contributed by atoms with Crippen LogP contribution in [0.1, 0.15) is 25.0 Å². The molecule has 0 spiro atoms. The van der Waals surface area contributed by atoms with Crippen molar-refractivity contribution in [3.05, 3.63) is 47.1 Å². The maximum atomic E-state index is 4.11. The molecule has 0 atom stereocenters. The van der Waals surface area contributed by atoms with E-state index in [-0.39, 0.29) is 0 Å². The number of rotatable bonds is 2. The Labute approximate surface area is 108 Å². The zero-order valence-corrected chi connectivity index (χ0v) is 11.4. The molecule has 0 saturated carbocycles. The average Bonchev–Trinajstić information content (AvgIpc) is 2.53. The quantitative estimate of drug-likeness (QED) is 0.756. The van der Waals surface area contributed by atoms with Crippen molar-refractivity contribution in [2.45, 2.75) is 13.8 Å². The summed E-state index contributed by atoms with van der Waals surface area (Å²) in [7, 11) is 1.99. The lowest BCUT2D eigenvalue weighted by molar-refractivity contribution is 0.871. The van der Waals surface area contributed by atoms with Gasteiger partial charge in [-0.1, -0.05) is 37.5 Å². The summed E-state index contributed by atoms with van der Waals surface area (Å²) in [6.07, 6.45) is 0. The molecule has 92 valence electrons. The Hall–Kier alpha value is -2.02. The maximum Gasteiger partial charge on any atom is 0.0415 e. The molecule has 0 saturated heterocycles. The van der Waals surface area contributed by atoms with Gasteiger partial charge in [-0.05, 0) is 37.1 Å². The molecule has 1 heterocycles. The van der Waals surface area contributed by atoms with Gasteiger partial charge in [0.05, 0.1) is 0 Å². The zero-order valence-electron chi connectivity index (χ0n) is 11.4. The summed E-state index contributed by atoms with van der Waals surface area (Å²) in [6.45, 7) is 20.4. The van der Waals surface area contributed by atoms with Crippen LogP contribution in [-0.2, 0) is 7.05 Å². The van der Waals surface area contributed by atoms with Crippen LogP contribution in [0.4, 0.5) is 0 Å². The van der Waals surface area contributed by atoms with Gasteiger partial charge in [-0.3, -0.25) is 0 Å². The number of benzene rings is 1. The number of nitrogens with zero attached hydrogens (tertiary/aromatic N) is 1. The Morgan fingerprint density at radius 1 is 0.889 bits per heavy atom. The third-order valence-electron chi connectivity index (χ3n) is 3.51. The highest BCUT2D eigenvalue weighted by atomic mass is 14.9. The molecular formula is C17H19N. The minimum Gasteiger partial charge on any atom is -0.345 e. The number of hydrogen-bond donors (Lipinski definition) is 0. The van der Waals surface area contributed by atoms with E-state index in [1.807, 2.05) is 25.5 Å². The summed E-state index contributed by atoms with van der Waals surface area (Å²) in [4.78, 5) is 0. The second kappa shape index (κ2) is 4.02. The Bertz CT molecular complexity index is 707. The normalized spacial score (nSPS) is 10.8. The summed E-state index contributed by atoms with van der Waals surface area (Å²) in [5.74, 6) is 0. The van der Waals surface area contributed by atoms with Gasteiger partial charge in [-0.25, -0.2) is 0 Å². The monoisotopic (exact) mass is 237 g/mol. The molecule has 2 aromatic rings. The number of aromatic nitrogens is 1. The van der Waals surface area contributed by atoms with Gasteiger partial charge < -0.3 is 4.57 Å². The first-order valence-electron chi connectivity index (χ1n) is 5.96. The Balaban J connectivity index is 3.04. The summed E-state index contributed by atoms with van der Waals surface area (Å²) in [5.41, 5.74) is 4.38. The van der Waals surface area contributed by atoms with Gasteiger partial charge in [0.1, 0.15) is 0 Å². The summed E-state index contributed by atoms with van der Waals surface area (Å²) < 4.78 is 2.02. The zero-order chi connectivity index (χ0) is 13.6. The first kappa shape index (κ1) is 12.4. The third-order valence-corrected chi connectivity index (χ3v) is 3.51. The fourth-order valence-electron chi connectivity index (χ4n) is 2.31. The van der Waals surface area contributed by atoms with Crippen LogP contribution in [0.15, 0.2) is 25.3 Å². The van der Waals surface area contributed by atoms with E-state index in [1.165, 1.54) is 0 Å². The molecule has 1 aromatic carbocycles. The predicted octanol–water partition coefficient (Wildman–Crippen LogP) is 3.07. The van der Waals surface area contributed by atoms with Crippen molar-refractivity contribution in [3.8, 4) is 0 Å². The van der Waals surface area contributed by atoms with E-state index in [0.29, 0.717) is 0 Å². The molecule has 0 aliphatic rings. The van der Waals surface area contributed by atoms with E-state index < -0.39 is 0 Å². The molecule has 0 aliphatic heterocycles. The van der Waals surface area contributed by atoms with Crippen LogP contribution in [0.3, 0.4) is 0 Å². The van der Waals surface area contributed by atoms with Gasteiger partial charge in [-0.2, -0.15) is 0 Å². The molecule has 1 heteroatoms. The molecule has 0 radical (unpaired) electrons. The van der Waals surface area contributed by atoms with E-state index >= 15 is 0 Å². The lowest BCUT2D eigenvalue weighted by atomic mass is 9.94. The van der Waals surface area contributed by atoms with Crippen LogP contribution in [0, 0.1) is 0 Å². The molecule has 0 fully saturated rings. The highest BCUT2D eigenvalue weighted by Gasteiger charge is 2.10. The SMILES string of the molecule is C=C(C)c1cc2c(=C)n(C)c(=C)c2cc1C(=C)C. The van der Waals surface area contributed by atoms with E-state index in [1.54, 1.807) is 0 Å². The van der Waals surface area contributed by atoms with Crippen molar-refractivity contribution >= 4 is 35.1 Å². The van der Waals surface area contributed by atoms with Gasteiger partial charge in [-0.15, -0.1) is 0 Å². The van der Waals surface area contributed by atoms with Gasteiger partial charge in [0.25, 0.3) is 0 Å². The topological polar surface area (TPSA) is 4.93 Å². The van der Waals surface area contributed by atoms with Crippen LogP contribution >= 0.6 is 0 Å². The van der Waals surface area contributed by atoms with Crippen molar-refractivity contribution in [1.82, 2.24) is 4.57 Å². The second-order valence-electron chi connectivity index (χ2n) is 4.96. The molecule has 0 unspecified atom stereocenters. The Morgan fingerprint density at radius 3 is 1.50 bits per heavy atom. The van der Waals surface area contributed by atoms with Crippen LogP contribution < -0.4 is 10.7 Å². The summed E-state index contributed by atoms with van der Waals surface area (Å²) in [6, 6.07) is 4.30. The molecule has 1 nitrogen and oxygen atoms in total. The molecule has 18 heavy (non-hydrogen) atoms. The van der Waals surface area contributed by atoms with E-state index in [0.717, 1.165) is 43.7 Å². The number of allylic oxidation sites excluding steroid dienone is 2. The van der Waals surface area contributed by atoms with Gasteiger partial charge in [0.2, 0.25) is 0 Å². The van der Waals surface area contributed by atoms with Gasteiger partial charge >= 0.3 is 0 Å². The summed E-state index contributed by atoms with van der Waals surface area (Å²) >= 11 is 0. The highest BCUT2D eigenvalue weighted by Crippen LogP contribution is 2.26. The first-order valence-corrected chi connectivity index (χ1v) is 5.96. The molecule has 1 aromatic heterocycles. The smallest absolute Gasteiger partial charge is 0.0415 e. The van der Waals surface area contributed by atoms with Crippen LogP contribution in [0.5, 0.6) is 0 Å². The molecule has 0 N–H and O–H groups in total. The second-order valence-corrected chi connectivity index (χ2v) is 4.96. The standard InChI is InChI=1S/C17H19N/c1-10(2)14-8-16-12(5)18(7)13(6)17(16)9-15(14)11(3)4/h8-9H,1,3,5-6H2,2,4,7H3. The largest absolute Gasteiger partial charge is 0.345 e. The van der Waals surface area contributed by atoms with Gasteiger partial charge in [0, 0.05) is 28.5 Å². The van der Waals surface area contributed by atoms with Crippen LogP contribution in [-0.4, -0.2) is 4.57 Å². The first-order chi connectivity index (χ1) is 8.34. The highest BCUT2D eigenvalue weighted by molar-refractivity contribution is 5.92. The number of fused-ring (bicyclic) bond motifs is 1. The Morgan fingerprint density at radius 2 is 1.22 bits per heavy atom. The van der Waals surface area contributed by atoms with E-state index in [2.05, 4.69) is 38.4 Å².